The maximum atomic E-state index is 12.1. The Bertz CT molecular complexity index is 596. The van der Waals surface area contributed by atoms with E-state index < -0.39 is 0 Å². The highest BCUT2D eigenvalue weighted by Crippen LogP contribution is 2.27. The maximum Gasteiger partial charge on any atom is 0.291 e. The van der Waals surface area contributed by atoms with Crippen molar-refractivity contribution in [2.45, 2.75) is 24.0 Å². The van der Waals surface area contributed by atoms with E-state index in [2.05, 4.69) is 5.10 Å². The van der Waals surface area contributed by atoms with Crippen molar-refractivity contribution in [2.24, 2.45) is 0 Å². The van der Waals surface area contributed by atoms with Crippen LogP contribution in [-0.4, -0.2) is 15.0 Å². The van der Waals surface area contributed by atoms with Crippen LogP contribution in [-0.2, 0) is 0 Å². The number of hydrogen-bond donors (Lipinski definition) is 0. The molecule has 0 amide bonds. The molecule has 2 rings (SSSR count). The summed E-state index contributed by atoms with van der Waals surface area (Å²) in [6, 6.07) is 9.24. The molecule has 3 nitrogen and oxygen atoms in total. The zero-order valence-electron chi connectivity index (χ0n) is 10.1. The van der Waals surface area contributed by atoms with Crippen molar-refractivity contribution < 1.29 is 0 Å². The van der Waals surface area contributed by atoms with Crippen LogP contribution in [0.25, 0.3) is 5.69 Å². The molecule has 5 heteroatoms. The molecule has 0 bridgehead atoms. The topological polar surface area (TPSA) is 34.9 Å². The minimum atomic E-state index is -0.284. The number of rotatable bonds is 3. The molecule has 94 valence electrons. The third kappa shape index (κ3) is 2.76. The molecule has 1 aromatic heterocycles. The Kier molecular flexibility index (Phi) is 4.09. The Hall–Kier alpha value is -1.26. The number of hydrogen-bond acceptors (Lipinski definition) is 3. The first-order chi connectivity index (χ1) is 8.59. The summed E-state index contributed by atoms with van der Waals surface area (Å²) in [5.74, 6) is 0. The van der Waals surface area contributed by atoms with E-state index in [-0.39, 0.29) is 10.6 Å². The molecule has 0 N–H and O–H groups in total. The van der Waals surface area contributed by atoms with Gasteiger partial charge in [-0.1, -0.05) is 43.6 Å². The van der Waals surface area contributed by atoms with Crippen LogP contribution >= 0.6 is 23.4 Å². The third-order valence-corrected chi connectivity index (χ3v) is 3.76. The quantitative estimate of drug-likeness (QED) is 0.809. The second kappa shape index (κ2) is 5.59. The predicted octanol–water partition coefficient (Wildman–Crippen LogP) is 3.39. The average molecular weight is 281 g/mol. The van der Waals surface area contributed by atoms with Gasteiger partial charge in [-0.15, -0.1) is 11.8 Å². The van der Waals surface area contributed by atoms with Crippen LogP contribution in [0.4, 0.5) is 0 Å². The lowest BCUT2D eigenvalue weighted by Crippen LogP contribution is -2.21. The number of benzene rings is 1. The summed E-state index contributed by atoms with van der Waals surface area (Å²) in [6.07, 6.45) is 1.64. The molecule has 1 heterocycles. The van der Waals surface area contributed by atoms with Crippen molar-refractivity contribution in [2.75, 3.05) is 0 Å². The molecule has 0 saturated carbocycles. The van der Waals surface area contributed by atoms with Gasteiger partial charge in [-0.25, -0.2) is 0 Å². The summed E-state index contributed by atoms with van der Waals surface area (Å²) in [7, 11) is 0. The number of aromatic nitrogens is 2. The minimum absolute atomic E-state index is 0.229. The van der Waals surface area contributed by atoms with E-state index in [1.165, 1.54) is 16.4 Å². The molecule has 18 heavy (non-hydrogen) atoms. The van der Waals surface area contributed by atoms with E-state index in [1.807, 2.05) is 44.2 Å². The van der Waals surface area contributed by atoms with Crippen molar-refractivity contribution in [3.05, 3.63) is 51.9 Å². The van der Waals surface area contributed by atoms with Crippen LogP contribution in [0.5, 0.6) is 0 Å². The van der Waals surface area contributed by atoms with Gasteiger partial charge in [0, 0.05) is 5.25 Å². The smallest absolute Gasteiger partial charge is 0.266 e. The normalized spacial score (nSPS) is 10.9. The zero-order chi connectivity index (χ0) is 13.1. The monoisotopic (exact) mass is 280 g/mol. The van der Waals surface area contributed by atoms with Crippen LogP contribution in [0, 0.1) is 0 Å². The molecule has 0 fully saturated rings. The van der Waals surface area contributed by atoms with Crippen LogP contribution < -0.4 is 5.56 Å². The first kappa shape index (κ1) is 13.2. The molecule has 1 aromatic carbocycles. The van der Waals surface area contributed by atoms with Gasteiger partial charge in [-0.05, 0) is 12.1 Å². The van der Waals surface area contributed by atoms with Gasteiger partial charge in [-0.3, -0.25) is 4.79 Å². The van der Waals surface area contributed by atoms with E-state index in [4.69, 9.17) is 11.6 Å². The van der Waals surface area contributed by atoms with Gasteiger partial charge in [0.1, 0.15) is 5.02 Å². The standard InChI is InChI=1S/C13H13ClN2OS/c1-9(2)18-11-8-15-16(13(17)12(11)14)10-6-4-3-5-7-10/h3-9H,1-2H3. The lowest BCUT2D eigenvalue weighted by molar-refractivity contribution is 0.790. The SMILES string of the molecule is CC(C)Sc1cnn(-c2ccccc2)c(=O)c1Cl. The second-order valence-corrected chi connectivity index (χ2v) is 6.04. The summed E-state index contributed by atoms with van der Waals surface area (Å²) in [6.45, 7) is 4.09. The van der Waals surface area contributed by atoms with E-state index in [0.717, 1.165) is 4.90 Å². The zero-order valence-corrected chi connectivity index (χ0v) is 11.7. The molecule has 0 radical (unpaired) electrons. The van der Waals surface area contributed by atoms with Crippen molar-refractivity contribution in [1.29, 1.82) is 0 Å². The Labute approximate surface area is 115 Å². The van der Waals surface area contributed by atoms with Gasteiger partial charge in [0.2, 0.25) is 0 Å². The van der Waals surface area contributed by atoms with Crippen LogP contribution in [0.1, 0.15) is 13.8 Å². The fourth-order valence-electron chi connectivity index (χ4n) is 1.51. The summed E-state index contributed by atoms with van der Waals surface area (Å²) in [5.41, 5.74) is 0.430. The molecular formula is C13H13ClN2OS. The molecule has 0 aliphatic carbocycles. The Morgan fingerprint density at radius 2 is 1.94 bits per heavy atom. The highest BCUT2D eigenvalue weighted by molar-refractivity contribution is 8.00. The molecular weight excluding hydrogens is 268 g/mol. The van der Waals surface area contributed by atoms with Gasteiger partial charge in [0.15, 0.2) is 0 Å². The maximum absolute atomic E-state index is 12.1. The van der Waals surface area contributed by atoms with Crippen LogP contribution in [0.3, 0.4) is 0 Å². The molecule has 0 atom stereocenters. The van der Waals surface area contributed by atoms with E-state index in [0.29, 0.717) is 10.9 Å². The van der Waals surface area contributed by atoms with Crippen molar-refractivity contribution in [3.63, 3.8) is 0 Å². The summed E-state index contributed by atoms with van der Waals surface area (Å²) >= 11 is 7.63. The minimum Gasteiger partial charge on any atom is -0.266 e. The molecule has 0 spiro atoms. The lowest BCUT2D eigenvalue weighted by Gasteiger charge is -2.09. The molecule has 2 aromatic rings. The van der Waals surface area contributed by atoms with Crippen LogP contribution in [0.2, 0.25) is 5.02 Å². The fourth-order valence-corrected chi connectivity index (χ4v) is 2.58. The molecule has 0 aliphatic rings. The number of para-hydroxylation sites is 1. The molecule has 0 saturated heterocycles. The second-order valence-electron chi connectivity index (χ2n) is 4.04. The summed E-state index contributed by atoms with van der Waals surface area (Å²) in [5, 5.41) is 4.75. The van der Waals surface area contributed by atoms with E-state index in [9.17, 15) is 4.79 Å². The Balaban J connectivity index is 2.48. The van der Waals surface area contributed by atoms with Crippen molar-refractivity contribution in [1.82, 2.24) is 9.78 Å². The van der Waals surface area contributed by atoms with Gasteiger partial charge in [0.05, 0.1) is 16.8 Å². The summed E-state index contributed by atoms with van der Waals surface area (Å²) in [4.78, 5) is 12.9. The average Bonchev–Trinajstić information content (AvgIpc) is 2.36. The third-order valence-electron chi connectivity index (χ3n) is 2.25. The van der Waals surface area contributed by atoms with E-state index >= 15 is 0 Å². The molecule has 0 aliphatic heterocycles. The van der Waals surface area contributed by atoms with Gasteiger partial charge in [0.25, 0.3) is 5.56 Å². The number of halogens is 1. The van der Waals surface area contributed by atoms with Crippen molar-refractivity contribution >= 4 is 23.4 Å². The largest absolute Gasteiger partial charge is 0.291 e. The number of nitrogens with zero attached hydrogens (tertiary/aromatic N) is 2. The Morgan fingerprint density at radius 1 is 1.28 bits per heavy atom. The highest BCUT2D eigenvalue weighted by atomic mass is 35.5. The summed E-state index contributed by atoms with van der Waals surface area (Å²) < 4.78 is 1.31. The van der Waals surface area contributed by atoms with E-state index in [1.54, 1.807) is 6.20 Å². The first-order valence-electron chi connectivity index (χ1n) is 5.59. The van der Waals surface area contributed by atoms with Crippen LogP contribution in [0.15, 0.2) is 46.2 Å². The number of thioether (sulfide) groups is 1. The fraction of sp³-hybridized carbons (Fsp3) is 0.231. The first-order valence-corrected chi connectivity index (χ1v) is 6.85. The van der Waals surface area contributed by atoms with Gasteiger partial charge in [-0.2, -0.15) is 9.78 Å². The molecule has 0 unspecified atom stereocenters. The lowest BCUT2D eigenvalue weighted by atomic mass is 10.3. The van der Waals surface area contributed by atoms with Crippen molar-refractivity contribution in [3.8, 4) is 5.69 Å². The highest BCUT2D eigenvalue weighted by Gasteiger charge is 2.11. The van der Waals surface area contributed by atoms with Gasteiger partial charge >= 0.3 is 0 Å². The predicted molar refractivity (Wildman–Crippen MR) is 75.8 cm³/mol. The Morgan fingerprint density at radius 3 is 2.56 bits per heavy atom. The van der Waals surface area contributed by atoms with Gasteiger partial charge < -0.3 is 0 Å².